The van der Waals surface area contributed by atoms with E-state index in [1.807, 2.05) is 11.3 Å². The van der Waals surface area contributed by atoms with E-state index < -0.39 is 0 Å². The van der Waals surface area contributed by atoms with Crippen LogP contribution in [0.5, 0.6) is 0 Å². The van der Waals surface area contributed by atoms with Crippen molar-refractivity contribution in [2.24, 2.45) is 11.7 Å². The van der Waals surface area contributed by atoms with E-state index in [1.165, 1.54) is 43.5 Å². The number of nitrogens with two attached hydrogens (primary N) is 1. The van der Waals surface area contributed by atoms with Gasteiger partial charge < -0.3 is 5.73 Å². The van der Waals surface area contributed by atoms with E-state index in [-0.39, 0.29) is 0 Å². The molecule has 0 saturated heterocycles. The van der Waals surface area contributed by atoms with Gasteiger partial charge in [-0.25, -0.2) is 0 Å². The predicted molar refractivity (Wildman–Crippen MR) is 79.8 cm³/mol. The second-order valence-electron chi connectivity index (χ2n) is 5.47. The van der Waals surface area contributed by atoms with Crippen LogP contribution < -0.4 is 5.73 Å². The molecular weight excluding hydrogens is 240 g/mol. The first-order valence-electron chi connectivity index (χ1n) is 7.30. The molecule has 0 spiro atoms. The van der Waals surface area contributed by atoms with Crippen molar-refractivity contribution in [3.05, 3.63) is 22.4 Å². The molecule has 0 aliphatic heterocycles. The summed E-state index contributed by atoms with van der Waals surface area (Å²) < 4.78 is 0. The summed E-state index contributed by atoms with van der Waals surface area (Å²) in [5.41, 5.74) is 6.33. The Kier molecular flexibility index (Phi) is 5.67. The van der Waals surface area contributed by atoms with Gasteiger partial charge in [0.25, 0.3) is 0 Å². The van der Waals surface area contributed by atoms with Crippen LogP contribution in [0.4, 0.5) is 0 Å². The molecule has 1 saturated carbocycles. The van der Waals surface area contributed by atoms with E-state index in [4.69, 9.17) is 5.73 Å². The third-order valence-corrected chi connectivity index (χ3v) is 4.98. The van der Waals surface area contributed by atoms with Gasteiger partial charge in [0.2, 0.25) is 0 Å². The lowest BCUT2D eigenvalue weighted by molar-refractivity contribution is 0.209. The Labute approximate surface area is 115 Å². The average Bonchev–Trinajstić information content (AvgIpc) is 2.80. The molecule has 1 aliphatic rings. The number of thiophene rings is 1. The summed E-state index contributed by atoms with van der Waals surface area (Å²) in [5, 5.41) is 2.17. The zero-order valence-electron chi connectivity index (χ0n) is 11.5. The highest BCUT2D eigenvalue weighted by molar-refractivity contribution is 7.09. The van der Waals surface area contributed by atoms with Crippen molar-refractivity contribution in [3.8, 4) is 0 Å². The maximum atomic E-state index is 6.33. The van der Waals surface area contributed by atoms with Crippen LogP contribution in [0, 0.1) is 5.92 Å². The Morgan fingerprint density at radius 1 is 1.33 bits per heavy atom. The summed E-state index contributed by atoms with van der Waals surface area (Å²) in [4.78, 5) is 4.03. The Hall–Kier alpha value is -0.380. The third kappa shape index (κ3) is 4.08. The van der Waals surface area contributed by atoms with Gasteiger partial charge in [-0.2, -0.15) is 0 Å². The van der Waals surface area contributed by atoms with Gasteiger partial charge in [0.1, 0.15) is 0 Å². The molecule has 1 aromatic rings. The van der Waals surface area contributed by atoms with E-state index in [0.717, 1.165) is 13.1 Å². The normalized spacial score (nSPS) is 25.3. The Bertz CT molecular complexity index is 323. The molecule has 1 heterocycles. The van der Waals surface area contributed by atoms with E-state index in [1.54, 1.807) is 0 Å². The largest absolute Gasteiger partial charge is 0.327 e. The van der Waals surface area contributed by atoms with Crippen molar-refractivity contribution in [3.63, 3.8) is 0 Å². The maximum absolute atomic E-state index is 6.33. The molecule has 0 radical (unpaired) electrons. The summed E-state index contributed by atoms with van der Waals surface area (Å²) in [6, 6.07) is 4.80. The summed E-state index contributed by atoms with van der Waals surface area (Å²) in [6.07, 6.45) is 6.62. The van der Waals surface area contributed by atoms with Crippen molar-refractivity contribution in [1.29, 1.82) is 0 Å². The summed E-state index contributed by atoms with van der Waals surface area (Å²) >= 11 is 1.86. The van der Waals surface area contributed by atoms with Crippen LogP contribution in [-0.2, 0) is 6.54 Å². The van der Waals surface area contributed by atoms with Crippen LogP contribution in [0.3, 0.4) is 0 Å². The number of rotatable bonds is 5. The molecule has 1 fully saturated rings. The summed E-state index contributed by atoms with van der Waals surface area (Å²) in [5.74, 6) is 0.701. The number of hydrogen-bond donors (Lipinski definition) is 1. The molecular formula is C15H26N2S. The van der Waals surface area contributed by atoms with Gasteiger partial charge in [0.05, 0.1) is 0 Å². The fraction of sp³-hybridized carbons (Fsp3) is 0.733. The Morgan fingerprint density at radius 3 is 2.89 bits per heavy atom. The molecule has 0 aromatic carbocycles. The van der Waals surface area contributed by atoms with E-state index in [9.17, 15) is 0 Å². The average molecular weight is 266 g/mol. The topological polar surface area (TPSA) is 29.3 Å². The number of hydrogen-bond acceptors (Lipinski definition) is 3. The van der Waals surface area contributed by atoms with Gasteiger partial charge in [0.15, 0.2) is 0 Å². The smallest absolute Gasteiger partial charge is 0.0327 e. The molecule has 2 atom stereocenters. The van der Waals surface area contributed by atoms with Crippen molar-refractivity contribution < 1.29 is 0 Å². The lowest BCUT2D eigenvalue weighted by Crippen LogP contribution is -2.38. The highest BCUT2D eigenvalue weighted by atomic mass is 32.1. The van der Waals surface area contributed by atoms with Gasteiger partial charge in [-0.15, -0.1) is 11.3 Å². The van der Waals surface area contributed by atoms with Gasteiger partial charge in [0, 0.05) is 24.0 Å². The van der Waals surface area contributed by atoms with Gasteiger partial charge in [-0.1, -0.05) is 32.3 Å². The van der Waals surface area contributed by atoms with Gasteiger partial charge in [-0.05, 0) is 36.8 Å². The SMILES string of the molecule is CCN(Cc1cccs1)CC1CCCCCC1N. The first kappa shape index (κ1) is 14.0. The standard InChI is InChI=1S/C15H26N2S/c1-2-17(12-14-8-6-10-18-14)11-13-7-4-3-5-9-15(13)16/h6,8,10,13,15H,2-5,7,9,11-12,16H2,1H3. The molecule has 0 bridgehead atoms. The molecule has 2 rings (SSSR count). The lowest BCUT2D eigenvalue weighted by atomic mass is 9.95. The van der Waals surface area contributed by atoms with Crippen LogP contribution in [-0.4, -0.2) is 24.0 Å². The highest BCUT2D eigenvalue weighted by Crippen LogP contribution is 2.24. The molecule has 1 aromatic heterocycles. The van der Waals surface area contributed by atoms with E-state index >= 15 is 0 Å². The van der Waals surface area contributed by atoms with Crippen LogP contribution in [0.2, 0.25) is 0 Å². The van der Waals surface area contributed by atoms with E-state index in [0.29, 0.717) is 12.0 Å². The minimum absolute atomic E-state index is 0.421. The van der Waals surface area contributed by atoms with Crippen molar-refractivity contribution in [2.75, 3.05) is 13.1 Å². The molecule has 18 heavy (non-hydrogen) atoms. The Morgan fingerprint density at radius 2 is 2.17 bits per heavy atom. The first-order valence-corrected chi connectivity index (χ1v) is 8.18. The second-order valence-corrected chi connectivity index (χ2v) is 6.50. The molecule has 102 valence electrons. The first-order chi connectivity index (χ1) is 8.79. The highest BCUT2D eigenvalue weighted by Gasteiger charge is 2.22. The minimum Gasteiger partial charge on any atom is -0.327 e. The van der Waals surface area contributed by atoms with Crippen molar-refractivity contribution in [1.82, 2.24) is 4.90 Å². The molecule has 2 N–H and O–H groups in total. The van der Waals surface area contributed by atoms with Gasteiger partial charge in [-0.3, -0.25) is 4.90 Å². The molecule has 2 unspecified atom stereocenters. The minimum atomic E-state index is 0.421. The van der Waals surface area contributed by atoms with Gasteiger partial charge >= 0.3 is 0 Å². The molecule has 0 amide bonds. The number of nitrogens with zero attached hydrogens (tertiary/aromatic N) is 1. The van der Waals surface area contributed by atoms with E-state index in [2.05, 4.69) is 29.3 Å². The molecule has 3 heteroatoms. The molecule has 1 aliphatic carbocycles. The fourth-order valence-corrected chi connectivity index (χ4v) is 3.65. The zero-order valence-corrected chi connectivity index (χ0v) is 12.3. The lowest BCUT2D eigenvalue weighted by Gasteiger charge is -2.28. The zero-order chi connectivity index (χ0) is 12.8. The monoisotopic (exact) mass is 266 g/mol. The fourth-order valence-electron chi connectivity index (χ4n) is 2.90. The van der Waals surface area contributed by atoms with Crippen LogP contribution in [0.15, 0.2) is 17.5 Å². The summed E-state index contributed by atoms with van der Waals surface area (Å²) in [7, 11) is 0. The predicted octanol–water partition coefficient (Wildman–Crippen LogP) is 3.48. The van der Waals surface area contributed by atoms with Crippen molar-refractivity contribution in [2.45, 2.75) is 51.6 Å². The maximum Gasteiger partial charge on any atom is 0.0327 e. The molecule has 2 nitrogen and oxygen atoms in total. The van der Waals surface area contributed by atoms with Crippen LogP contribution in [0.25, 0.3) is 0 Å². The third-order valence-electron chi connectivity index (χ3n) is 4.12. The van der Waals surface area contributed by atoms with Crippen LogP contribution in [0.1, 0.15) is 43.9 Å². The summed E-state index contributed by atoms with van der Waals surface area (Å²) in [6.45, 7) is 5.66. The quantitative estimate of drug-likeness (QED) is 0.827. The second kappa shape index (κ2) is 7.27. The van der Waals surface area contributed by atoms with Crippen LogP contribution >= 0.6 is 11.3 Å². The Balaban J connectivity index is 1.88. The van der Waals surface area contributed by atoms with Crippen molar-refractivity contribution >= 4 is 11.3 Å².